The van der Waals surface area contributed by atoms with Gasteiger partial charge in [-0.25, -0.2) is 0 Å². The number of rotatable bonds is 14. The SMILES string of the molecule is CCCCCNC1(C)C(C)=C1/C(CC)=C(CCC)/C(CCCC)=C(\C)c1[nH]cc2c1NCCC2. The summed E-state index contributed by atoms with van der Waals surface area (Å²) >= 11 is 0. The first-order valence-electron chi connectivity index (χ1n) is 14.3. The number of hydrogen-bond acceptors (Lipinski definition) is 2. The Hall–Kier alpha value is -1.74. The molecule has 34 heavy (non-hydrogen) atoms. The first kappa shape index (κ1) is 26.9. The van der Waals surface area contributed by atoms with Crippen molar-refractivity contribution in [1.82, 2.24) is 10.3 Å². The lowest BCUT2D eigenvalue weighted by atomic mass is 9.85. The Bertz CT molecular complexity index is 926. The second-order valence-corrected chi connectivity index (χ2v) is 10.6. The van der Waals surface area contributed by atoms with Gasteiger partial charge in [0.25, 0.3) is 0 Å². The molecular formula is C31H51N3. The van der Waals surface area contributed by atoms with Crippen molar-refractivity contribution in [3.8, 4) is 0 Å². The normalized spacial score (nSPS) is 21.1. The van der Waals surface area contributed by atoms with Gasteiger partial charge in [-0.05, 0) is 111 Å². The van der Waals surface area contributed by atoms with Crippen LogP contribution in [0.25, 0.3) is 5.57 Å². The first-order valence-corrected chi connectivity index (χ1v) is 14.3. The molecule has 0 spiro atoms. The van der Waals surface area contributed by atoms with Crippen molar-refractivity contribution in [2.24, 2.45) is 0 Å². The van der Waals surface area contributed by atoms with Crippen molar-refractivity contribution >= 4 is 11.3 Å². The van der Waals surface area contributed by atoms with Gasteiger partial charge in [0.05, 0.1) is 16.9 Å². The lowest BCUT2D eigenvalue weighted by Crippen LogP contribution is -2.34. The van der Waals surface area contributed by atoms with Crippen LogP contribution in [0, 0.1) is 0 Å². The van der Waals surface area contributed by atoms with Gasteiger partial charge >= 0.3 is 0 Å². The van der Waals surface area contributed by atoms with Gasteiger partial charge in [-0.3, -0.25) is 0 Å². The minimum atomic E-state index is 0.0923. The van der Waals surface area contributed by atoms with E-state index in [9.17, 15) is 0 Å². The summed E-state index contributed by atoms with van der Waals surface area (Å²) in [5, 5.41) is 7.62. The van der Waals surface area contributed by atoms with E-state index < -0.39 is 0 Å². The molecule has 0 fully saturated rings. The maximum absolute atomic E-state index is 3.92. The summed E-state index contributed by atoms with van der Waals surface area (Å²) in [4.78, 5) is 3.67. The van der Waals surface area contributed by atoms with E-state index >= 15 is 0 Å². The van der Waals surface area contributed by atoms with E-state index in [0.717, 1.165) is 19.5 Å². The van der Waals surface area contributed by atoms with Gasteiger partial charge in [0.2, 0.25) is 0 Å². The van der Waals surface area contributed by atoms with Crippen LogP contribution in [0.5, 0.6) is 0 Å². The standard InChI is InChI=1S/C31H51N3/c1-8-12-14-20-34-31(7)23(6)28(31)25(11-4)27(16-10-3)26(18-13-9-2)22(5)29-30-24(21-33-29)17-15-19-32-30/h21,32-34H,8-20H2,1-7H3/b26-22+,27-25+. The number of nitrogens with one attached hydrogen (secondary N) is 3. The lowest BCUT2D eigenvalue weighted by Gasteiger charge is -2.23. The molecule has 0 bridgehead atoms. The monoisotopic (exact) mass is 465 g/mol. The molecule has 0 aromatic carbocycles. The molecule has 2 heterocycles. The third kappa shape index (κ3) is 5.56. The van der Waals surface area contributed by atoms with Crippen LogP contribution in [0.15, 0.2) is 34.1 Å². The number of aromatic nitrogens is 1. The summed E-state index contributed by atoms with van der Waals surface area (Å²) in [6, 6.07) is 0. The smallest absolute Gasteiger partial charge is 0.0651 e. The molecule has 2 aliphatic rings. The van der Waals surface area contributed by atoms with Crippen LogP contribution in [-0.2, 0) is 6.42 Å². The highest BCUT2D eigenvalue weighted by Gasteiger charge is 2.47. The summed E-state index contributed by atoms with van der Waals surface area (Å²) in [6.45, 7) is 18.6. The van der Waals surface area contributed by atoms with Crippen LogP contribution in [0.4, 0.5) is 5.69 Å². The van der Waals surface area contributed by atoms with Gasteiger partial charge in [0.1, 0.15) is 0 Å². The largest absolute Gasteiger partial charge is 0.383 e. The zero-order valence-electron chi connectivity index (χ0n) is 23.3. The number of H-pyrrole nitrogens is 1. The summed E-state index contributed by atoms with van der Waals surface area (Å²) in [6.07, 6.45) is 15.6. The third-order valence-electron chi connectivity index (χ3n) is 8.20. The number of unbranched alkanes of at least 4 members (excludes halogenated alkanes) is 3. The zero-order chi connectivity index (χ0) is 24.7. The van der Waals surface area contributed by atoms with E-state index in [2.05, 4.69) is 70.3 Å². The Morgan fingerprint density at radius 2 is 1.76 bits per heavy atom. The Balaban J connectivity index is 2.04. The average molecular weight is 466 g/mol. The van der Waals surface area contributed by atoms with Crippen molar-refractivity contribution in [2.75, 3.05) is 18.4 Å². The third-order valence-corrected chi connectivity index (χ3v) is 8.20. The van der Waals surface area contributed by atoms with Gasteiger partial charge in [-0.2, -0.15) is 0 Å². The molecule has 3 rings (SSSR count). The predicted molar refractivity (Wildman–Crippen MR) is 151 cm³/mol. The predicted octanol–water partition coefficient (Wildman–Crippen LogP) is 8.71. The molecule has 3 N–H and O–H groups in total. The van der Waals surface area contributed by atoms with Crippen molar-refractivity contribution in [3.63, 3.8) is 0 Å². The molecule has 0 saturated heterocycles. The van der Waals surface area contributed by atoms with E-state index in [1.807, 2.05) is 0 Å². The van der Waals surface area contributed by atoms with Crippen LogP contribution in [0.1, 0.15) is 124 Å². The highest BCUT2D eigenvalue weighted by Crippen LogP contribution is 2.51. The zero-order valence-corrected chi connectivity index (χ0v) is 23.3. The van der Waals surface area contributed by atoms with Crippen molar-refractivity contribution in [3.05, 3.63) is 45.3 Å². The Labute approximate surface area is 210 Å². The molecule has 3 nitrogen and oxygen atoms in total. The fraction of sp³-hybridized carbons (Fsp3) is 0.677. The molecule has 1 aliphatic heterocycles. The van der Waals surface area contributed by atoms with E-state index in [-0.39, 0.29) is 5.54 Å². The molecule has 1 aromatic rings. The summed E-state index contributed by atoms with van der Waals surface area (Å²) in [7, 11) is 0. The number of fused-ring (bicyclic) bond motifs is 1. The van der Waals surface area contributed by atoms with E-state index in [1.165, 1.54) is 86.7 Å². The maximum Gasteiger partial charge on any atom is 0.0651 e. The molecular weight excluding hydrogens is 414 g/mol. The van der Waals surface area contributed by atoms with Gasteiger partial charge in [-0.15, -0.1) is 0 Å². The Kier molecular flexibility index (Phi) is 9.71. The van der Waals surface area contributed by atoms with E-state index in [0.29, 0.717) is 0 Å². The van der Waals surface area contributed by atoms with Crippen molar-refractivity contribution < 1.29 is 0 Å². The maximum atomic E-state index is 3.92. The Morgan fingerprint density at radius 3 is 2.44 bits per heavy atom. The highest BCUT2D eigenvalue weighted by molar-refractivity contribution is 5.80. The summed E-state index contributed by atoms with van der Waals surface area (Å²) < 4.78 is 0. The van der Waals surface area contributed by atoms with Crippen LogP contribution >= 0.6 is 0 Å². The number of anilines is 1. The quantitative estimate of drug-likeness (QED) is 0.190. The molecule has 1 unspecified atom stereocenters. The van der Waals surface area contributed by atoms with Gasteiger partial charge in [-0.1, -0.05) is 53.4 Å². The minimum absolute atomic E-state index is 0.0923. The van der Waals surface area contributed by atoms with Gasteiger partial charge in [0.15, 0.2) is 0 Å². The molecule has 0 amide bonds. The number of hydrogen-bond donors (Lipinski definition) is 3. The summed E-state index contributed by atoms with van der Waals surface area (Å²) in [5.41, 5.74) is 13.7. The molecule has 3 heteroatoms. The molecule has 0 radical (unpaired) electrons. The topological polar surface area (TPSA) is 39.9 Å². The first-order chi connectivity index (χ1) is 16.4. The number of aryl methyl sites for hydroxylation is 1. The number of aromatic amines is 1. The molecule has 190 valence electrons. The summed E-state index contributed by atoms with van der Waals surface area (Å²) in [5.74, 6) is 0. The molecule has 1 aromatic heterocycles. The second-order valence-electron chi connectivity index (χ2n) is 10.6. The van der Waals surface area contributed by atoms with Gasteiger partial charge in [0, 0.05) is 12.7 Å². The molecule has 1 aliphatic carbocycles. The van der Waals surface area contributed by atoms with Crippen molar-refractivity contribution in [2.45, 2.75) is 125 Å². The average Bonchev–Trinajstić information content (AvgIpc) is 3.17. The highest BCUT2D eigenvalue weighted by atomic mass is 15.0. The molecule has 0 saturated carbocycles. The second kappa shape index (κ2) is 12.3. The fourth-order valence-electron chi connectivity index (χ4n) is 5.99. The lowest BCUT2D eigenvalue weighted by molar-refractivity contribution is 0.527. The van der Waals surface area contributed by atoms with E-state index in [4.69, 9.17) is 0 Å². The van der Waals surface area contributed by atoms with Crippen LogP contribution in [0.3, 0.4) is 0 Å². The van der Waals surface area contributed by atoms with Crippen LogP contribution in [0.2, 0.25) is 0 Å². The van der Waals surface area contributed by atoms with Crippen LogP contribution < -0.4 is 10.6 Å². The van der Waals surface area contributed by atoms with Crippen molar-refractivity contribution in [1.29, 1.82) is 0 Å². The van der Waals surface area contributed by atoms with Gasteiger partial charge < -0.3 is 15.6 Å². The fourth-order valence-corrected chi connectivity index (χ4v) is 5.99. The Morgan fingerprint density at radius 1 is 1.00 bits per heavy atom. The minimum Gasteiger partial charge on any atom is -0.383 e. The number of allylic oxidation sites excluding steroid dienone is 3. The van der Waals surface area contributed by atoms with Crippen LogP contribution in [-0.4, -0.2) is 23.6 Å². The molecule has 1 atom stereocenters. The van der Waals surface area contributed by atoms with E-state index in [1.54, 1.807) is 27.9 Å².